The summed E-state index contributed by atoms with van der Waals surface area (Å²) in [7, 11) is 6.54. The molecular weight excluding hydrogens is 510 g/mol. The average Bonchev–Trinajstić information content (AvgIpc) is 2.56. The topological polar surface area (TPSA) is 36.9 Å². The van der Waals surface area contributed by atoms with Crippen molar-refractivity contribution < 1.29 is 18.9 Å². The fourth-order valence-corrected chi connectivity index (χ4v) is 3.63. The molecule has 0 radical (unpaired) electrons. The van der Waals surface area contributed by atoms with E-state index in [2.05, 4.69) is 45.2 Å². The summed E-state index contributed by atoms with van der Waals surface area (Å²) in [6.07, 6.45) is 0. The van der Waals surface area contributed by atoms with Gasteiger partial charge in [-0.2, -0.15) is 0 Å². The van der Waals surface area contributed by atoms with Gasteiger partial charge in [0.05, 0.1) is 32.0 Å². The molecule has 0 aromatic heterocycles. The summed E-state index contributed by atoms with van der Waals surface area (Å²) >= 11 is 4.59. The molecule has 0 fully saturated rings. The van der Waals surface area contributed by atoms with Crippen molar-refractivity contribution in [2.24, 2.45) is 0 Å². The molecule has 0 unspecified atom stereocenters. The Morgan fingerprint density at radius 2 is 1.32 bits per heavy atom. The van der Waals surface area contributed by atoms with Gasteiger partial charge in [0.15, 0.2) is 23.0 Å². The van der Waals surface area contributed by atoms with Gasteiger partial charge >= 0.3 is 0 Å². The third kappa shape index (κ3) is 3.22. The van der Waals surface area contributed by atoms with Gasteiger partial charge in [0, 0.05) is 9.13 Å². The van der Waals surface area contributed by atoms with Crippen LogP contribution >= 0.6 is 45.2 Å². The zero-order valence-corrected chi connectivity index (χ0v) is 17.0. The van der Waals surface area contributed by atoms with Crippen molar-refractivity contribution in [2.75, 3.05) is 28.4 Å². The third-order valence-electron chi connectivity index (χ3n) is 3.25. The molecule has 118 valence electrons. The summed E-state index contributed by atoms with van der Waals surface area (Å²) in [5.41, 5.74) is 2.09. The first-order valence-corrected chi connectivity index (χ1v) is 8.55. The minimum atomic E-state index is 0.695. The first-order chi connectivity index (χ1) is 10.6. The number of hydrogen-bond donors (Lipinski definition) is 0. The van der Waals surface area contributed by atoms with Crippen LogP contribution in [0.4, 0.5) is 0 Å². The Balaban J connectivity index is 2.65. The first kappa shape index (κ1) is 17.5. The number of hydrogen-bond acceptors (Lipinski definition) is 4. The fourth-order valence-electron chi connectivity index (χ4n) is 2.14. The van der Waals surface area contributed by atoms with Crippen molar-refractivity contribution in [3.05, 3.63) is 31.4 Å². The van der Waals surface area contributed by atoms with Gasteiger partial charge in [0.25, 0.3) is 0 Å². The monoisotopic (exact) mass is 526 g/mol. The SMILES string of the molecule is COc1ccc(-c2cc(OC)c(OC)c(I)c2I)cc1OC. The van der Waals surface area contributed by atoms with Crippen molar-refractivity contribution >= 4 is 45.2 Å². The molecule has 6 heteroatoms. The van der Waals surface area contributed by atoms with Gasteiger partial charge in [-0.3, -0.25) is 0 Å². The molecule has 2 aromatic carbocycles. The second kappa shape index (κ2) is 7.58. The second-order valence-electron chi connectivity index (χ2n) is 4.36. The maximum Gasteiger partial charge on any atom is 0.175 e. The van der Waals surface area contributed by atoms with E-state index in [0.29, 0.717) is 17.2 Å². The van der Waals surface area contributed by atoms with E-state index in [1.54, 1.807) is 28.4 Å². The molecule has 0 saturated heterocycles. The smallest absolute Gasteiger partial charge is 0.175 e. The van der Waals surface area contributed by atoms with Crippen molar-refractivity contribution in [3.63, 3.8) is 0 Å². The molecule has 22 heavy (non-hydrogen) atoms. The zero-order chi connectivity index (χ0) is 16.3. The highest BCUT2D eigenvalue weighted by atomic mass is 127. The summed E-state index contributed by atoms with van der Waals surface area (Å²) in [4.78, 5) is 0. The van der Waals surface area contributed by atoms with E-state index < -0.39 is 0 Å². The number of ether oxygens (including phenoxy) is 4. The number of benzene rings is 2. The Hall–Kier alpha value is -0.900. The van der Waals surface area contributed by atoms with E-state index in [4.69, 9.17) is 18.9 Å². The molecule has 2 aromatic rings. The van der Waals surface area contributed by atoms with Crippen molar-refractivity contribution in [2.45, 2.75) is 0 Å². The third-order valence-corrected chi connectivity index (χ3v) is 6.43. The summed E-state index contributed by atoms with van der Waals surface area (Å²) in [5, 5.41) is 0. The molecule has 0 N–H and O–H groups in total. The van der Waals surface area contributed by atoms with Gasteiger partial charge in [-0.15, -0.1) is 0 Å². The molecule has 0 aliphatic carbocycles. The standard InChI is InChI=1S/C16H16I2O4/c1-19-11-6-5-9(7-12(11)20-2)10-8-13(21-3)16(22-4)15(18)14(10)17/h5-8H,1-4H3. The van der Waals surface area contributed by atoms with Gasteiger partial charge in [-0.05, 0) is 68.9 Å². The normalized spacial score (nSPS) is 10.3. The number of rotatable bonds is 5. The summed E-state index contributed by atoms with van der Waals surface area (Å²) < 4.78 is 23.7. The van der Waals surface area contributed by atoms with Crippen LogP contribution in [-0.4, -0.2) is 28.4 Å². The summed E-state index contributed by atoms with van der Waals surface area (Å²) in [6, 6.07) is 7.83. The zero-order valence-electron chi connectivity index (χ0n) is 12.7. The van der Waals surface area contributed by atoms with Crippen LogP contribution in [0.1, 0.15) is 0 Å². The van der Waals surface area contributed by atoms with Crippen molar-refractivity contribution in [3.8, 4) is 34.1 Å². The van der Waals surface area contributed by atoms with E-state index in [-0.39, 0.29) is 0 Å². The van der Waals surface area contributed by atoms with Gasteiger partial charge in [0.2, 0.25) is 0 Å². The Morgan fingerprint density at radius 3 is 1.86 bits per heavy atom. The lowest BCUT2D eigenvalue weighted by Crippen LogP contribution is -1.98. The van der Waals surface area contributed by atoms with Crippen LogP contribution in [0.3, 0.4) is 0 Å². The molecule has 0 aliphatic rings. The number of halogens is 2. The minimum Gasteiger partial charge on any atom is -0.493 e. The molecule has 0 aliphatic heterocycles. The first-order valence-electron chi connectivity index (χ1n) is 6.39. The predicted molar refractivity (Wildman–Crippen MR) is 104 cm³/mol. The molecule has 0 bridgehead atoms. The Labute approximate surface area is 157 Å². The number of methoxy groups -OCH3 is 4. The maximum atomic E-state index is 5.45. The summed E-state index contributed by atoms with van der Waals surface area (Å²) in [5.74, 6) is 2.85. The van der Waals surface area contributed by atoms with Gasteiger partial charge in [-0.1, -0.05) is 6.07 Å². The Kier molecular flexibility index (Phi) is 6.01. The van der Waals surface area contributed by atoms with Crippen LogP contribution in [-0.2, 0) is 0 Å². The quantitative estimate of drug-likeness (QED) is 0.535. The molecule has 0 saturated carbocycles. The fraction of sp³-hybridized carbons (Fsp3) is 0.250. The second-order valence-corrected chi connectivity index (χ2v) is 6.51. The maximum absolute atomic E-state index is 5.45. The van der Waals surface area contributed by atoms with Crippen molar-refractivity contribution in [1.29, 1.82) is 0 Å². The molecular formula is C16H16I2O4. The van der Waals surface area contributed by atoms with Gasteiger partial charge in [-0.25, -0.2) is 0 Å². The van der Waals surface area contributed by atoms with E-state index in [0.717, 1.165) is 24.0 Å². The Morgan fingerprint density at radius 1 is 0.682 bits per heavy atom. The molecule has 2 rings (SSSR count). The van der Waals surface area contributed by atoms with Crippen LogP contribution in [0.15, 0.2) is 24.3 Å². The van der Waals surface area contributed by atoms with Crippen LogP contribution in [0.2, 0.25) is 0 Å². The highest BCUT2D eigenvalue weighted by Gasteiger charge is 2.18. The lowest BCUT2D eigenvalue weighted by atomic mass is 10.0. The molecule has 0 atom stereocenters. The predicted octanol–water partition coefficient (Wildman–Crippen LogP) is 4.60. The van der Waals surface area contributed by atoms with Crippen LogP contribution in [0.25, 0.3) is 11.1 Å². The summed E-state index contributed by atoms with van der Waals surface area (Å²) in [6.45, 7) is 0. The minimum absolute atomic E-state index is 0.695. The van der Waals surface area contributed by atoms with E-state index in [1.165, 1.54) is 0 Å². The largest absolute Gasteiger partial charge is 0.493 e. The van der Waals surface area contributed by atoms with E-state index in [9.17, 15) is 0 Å². The average molecular weight is 526 g/mol. The molecule has 0 amide bonds. The van der Waals surface area contributed by atoms with E-state index >= 15 is 0 Å². The molecule has 0 heterocycles. The molecule has 4 nitrogen and oxygen atoms in total. The highest BCUT2D eigenvalue weighted by Crippen LogP contribution is 2.42. The van der Waals surface area contributed by atoms with Crippen LogP contribution < -0.4 is 18.9 Å². The Bertz CT molecular complexity index is 686. The van der Waals surface area contributed by atoms with E-state index in [1.807, 2.05) is 24.3 Å². The molecule has 0 spiro atoms. The van der Waals surface area contributed by atoms with Crippen LogP contribution in [0, 0.1) is 7.14 Å². The van der Waals surface area contributed by atoms with Crippen LogP contribution in [0.5, 0.6) is 23.0 Å². The lowest BCUT2D eigenvalue weighted by molar-refractivity contribution is 0.352. The van der Waals surface area contributed by atoms with Gasteiger partial charge in [0.1, 0.15) is 0 Å². The lowest BCUT2D eigenvalue weighted by Gasteiger charge is -2.16. The highest BCUT2D eigenvalue weighted by molar-refractivity contribution is 14.1. The van der Waals surface area contributed by atoms with Crippen molar-refractivity contribution in [1.82, 2.24) is 0 Å². The van der Waals surface area contributed by atoms with Gasteiger partial charge < -0.3 is 18.9 Å².